The van der Waals surface area contributed by atoms with Crippen LogP contribution in [0.15, 0.2) is 47.6 Å². The lowest BCUT2D eigenvalue weighted by Crippen LogP contribution is -2.18. The number of para-hydroxylation sites is 1. The number of nitrogens with zero attached hydrogens (tertiary/aromatic N) is 3. The van der Waals surface area contributed by atoms with Gasteiger partial charge in [0, 0.05) is 11.3 Å². The Morgan fingerprint density at radius 1 is 1.11 bits per heavy atom. The first kappa shape index (κ1) is 19.9. The molecule has 0 unspecified atom stereocenters. The summed E-state index contributed by atoms with van der Waals surface area (Å²) in [6.07, 6.45) is 1.68. The van der Waals surface area contributed by atoms with E-state index in [1.54, 1.807) is 12.1 Å². The molecule has 2 aromatic carbocycles. The molecule has 6 nitrogen and oxygen atoms in total. The first-order chi connectivity index (χ1) is 13.5. The first-order valence-corrected chi connectivity index (χ1v) is 10.0. The molecule has 3 rings (SSSR count). The molecule has 0 saturated carbocycles. The van der Waals surface area contributed by atoms with Gasteiger partial charge in [-0.25, -0.2) is 9.07 Å². The highest BCUT2D eigenvalue weighted by molar-refractivity contribution is 7.99. The Kier molecular flexibility index (Phi) is 6.30. The monoisotopic (exact) mass is 399 g/mol. The number of rotatable bonds is 7. The molecule has 0 radical (unpaired) electrons. The molecule has 0 aliphatic carbocycles. The fourth-order valence-corrected chi connectivity index (χ4v) is 3.54. The van der Waals surface area contributed by atoms with Crippen molar-refractivity contribution in [3.05, 3.63) is 59.4 Å². The van der Waals surface area contributed by atoms with E-state index in [0.29, 0.717) is 16.5 Å². The highest BCUT2D eigenvalue weighted by Crippen LogP contribution is 2.24. The summed E-state index contributed by atoms with van der Waals surface area (Å²) in [5.74, 6) is 6.14. The van der Waals surface area contributed by atoms with Crippen molar-refractivity contribution in [1.29, 1.82) is 0 Å². The fourth-order valence-electron chi connectivity index (χ4n) is 2.88. The molecule has 3 aromatic rings. The van der Waals surface area contributed by atoms with Crippen LogP contribution in [0.4, 0.5) is 10.1 Å². The van der Waals surface area contributed by atoms with Gasteiger partial charge < -0.3 is 11.2 Å². The molecule has 0 saturated heterocycles. The smallest absolute Gasteiger partial charge is 0.234 e. The Morgan fingerprint density at radius 2 is 1.75 bits per heavy atom. The Hall–Kier alpha value is -2.87. The van der Waals surface area contributed by atoms with Crippen molar-refractivity contribution in [3.8, 4) is 11.4 Å². The molecule has 0 aliphatic rings. The molecule has 146 valence electrons. The minimum atomic E-state index is -0.336. The van der Waals surface area contributed by atoms with Crippen molar-refractivity contribution in [1.82, 2.24) is 14.9 Å². The van der Waals surface area contributed by atoms with Gasteiger partial charge in [-0.3, -0.25) is 4.79 Å². The van der Waals surface area contributed by atoms with Crippen molar-refractivity contribution in [2.75, 3.05) is 16.9 Å². The second kappa shape index (κ2) is 8.88. The summed E-state index contributed by atoms with van der Waals surface area (Å²) in [7, 11) is 0. The van der Waals surface area contributed by atoms with Crippen molar-refractivity contribution in [3.63, 3.8) is 0 Å². The summed E-state index contributed by atoms with van der Waals surface area (Å²) in [5, 5.41) is 11.5. The van der Waals surface area contributed by atoms with Crippen molar-refractivity contribution in [2.24, 2.45) is 0 Å². The summed E-state index contributed by atoms with van der Waals surface area (Å²) < 4.78 is 14.4. The molecule has 0 bridgehead atoms. The molecule has 0 fully saturated rings. The third kappa shape index (κ3) is 4.33. The molecule has 1 aromatic heterocycles. The van der Waals surface area contributed by atoms with Gasteiger partial charge in [-0.15, -0.1) is 10.2 Å². The highest BCUT2D eigenvalue weighted by atomic mass is 32.2. The third-order valence-corrected chi connectivity index (χ3v) is 5.31. The molecule has 0 spiro atoms. The molecule has 1 heterocycles. The predicted molar refractivity (Wildman–Crippen MR) is 110 cm³/mol. The third-order valence-electron chi connectivity index (χ3n) is 4.36. The fraction of sp³-hybridized carbons (Fsp3) is 0.250. The second-order valence-corrected chi connectivity index (χ2v) is 7.12. The number of aryl methyl sites for hydroxylation is 2. The lowest BCUT2D eigenvalue weighted by atomic mass is 10.0. The van der Waals surface area contributed by atoms with E-state index in [1.807, 2.05) is 18.2 Å². The minimum Gasteiger partial charge on any atom is -0.335 e. The van der Waals surface area contributed by atoms with Crippen LogP contribution in [-0.2, 0) is 17.6 Å². The zero-order valence-corrected chi connectivity index (χ0v) is 16.6. The Balaban J connectivity index is 1.68. The average molecular weight is 399 g/mol. The van der Waals surface area contributed by atoms with E-state index in [1.165, 1.54) is 28.6 Å². The number of anilines is 1. The quantitative estimate of drug-likeness (QED) is 0.468. The SMILES string of the molecule is CCc1cccc(CC)c1NC(=O)CSc1nnc(-c2ccc(F)cc2)n1N. The van der Waals surface area contributed by atoms with E-state index in [9.17, 15) is 9.18 Å². The minimum absolute atomic E-state index is 0.132. The topological polar surface area (TPSA) is 85.8 Å². The van der Waals surface area contributed by atoms with E-state index >= 15 is 0 Å². The maximum absolute atomic E-state index is 13.1. The number of halogens is 1. The van der Waals surface area contributed by atoms with Gasteiger partial charge >= 0.3 is 0 Å². The number of carbonyl (C=O) groups excluding carboxylic acids is 1. The van der Waals surface area contributed by atoms with Gasteiger partial charge in [-0.05, 0) is 48.2 Å². The van der Waals surface area contributed by atoms with Crippen molar-refractivity contribution < 1.29 is 9.18 Å². The first-order valence-electron chi connectivity index (χ1n) is 9.03. The zero-order chi connectivity index (χ0) is 20.1. The highest BCUT2D eigenvalue weighted by Gasteiger charge is 2.15. The van der Waals surface area contributed by atoms with E-state index in [0.717, 1.165) is 29.7 Å². The van der Waals surface area contributed by atoms with Crippen LogP contribution in [-0.4, -0.2) is 26.5 Å². The Morgan fingerprint density at radius 3 is 2.36 bits per heavy atom. The van der Waals surface area contributed by atoms with E-state index in [2.05, 4.69) is 29.4 Å². The molecular weight excluding hydrogens is 377 g/mol. The standard InChI is InChI=1S/C20H22FN5OS/c1-3-13-6-5-7-14(4-2)18(13)23-17(27)12-28-20-25-24-19(26(20)22)15-8-10-16(21)11-9-15/h5-11H,3-4,12,22H2,1-2H3,(H,23,27). The molecule has 28 heavy (non-hydrogen) atoms. The molecule has 3 N–H and O–H groups in total. The number of hydrogen-bond acceptors (Lipinski definition) is 5. The summed E-state index contributed by atoms with van der Waals surface area (Å²) in [6.45, 7) is 4.13. The van der Waals surface area contributed by atoms with Gasteiger partial charge in [0.15, 0.2) is 5.82 Å². The van der Waals surface area contributed by atoms with Gasteiger partial charge in [-0.1, -0.05) is 43.8 Å². The van der Waals surface area contributed by atoms with Crippen LogP contribution in [0.3, 0.4) is 0 Å². The average Bonchev–Trinajstić information content (AvgIpc) is 3.07. The van der Waals surface area contributed by atoms with Gasteiger partial charge in [-0.2, -0.15) is 0 Å². The van der Waals surface area contributed by atoms with E-state index < -0.39 is 0 Å². The maximum atomic E-state index is 13.1. The van der Waals surface area contributed by atoms with Crippen LogP contribution in [0, 0.1) is 5.82 Å². The number of nitrogens with two attached hydrogens (primary N) is 1. The van der Waals surface area contributed by atoms with Gasteiger partial charge in [0.1, 0.15) is 5.82 Å². The van der Waals surface area contributed by atoms with Crippen molar-refractivity contribution >= 4 is 23.4 Å². The number of benzene rings is 2. The summed E-state index contributed by atoms with van der Waals surface area (Å²) in [5.41, 5.74) is 3.76. The largest absolute Gasteiger partial charge is 0.335 e. The Labute approximate surface area is 167 Å². The zero-order valence-electron chi connectivity index (χ0n) is 15.8. The molecule has 0 aliphatic heterocycles. The van der Waals surface area contributed by atoms with Crippen LogP contribution in [0.25, 0.3) is 11.4 Å². The molecule has 8 heteroatoms. The molecular formula is C20H22FN5OS. The Bertz CT molecular complexity index is 949. The van der Waals surface area contributed by atoms with E-state index in [-0.39, 0.29) is 17.5 Å². The van der Waals surface area contributed by atoms with Crippen LogP contribution < -0.4 is 11.2 Å². The van der Waals surface area contributed by atoms with Gasteiger partial charge in [0.05, 0.1) is 5.75 Å². The lowest BCUT2D eigenvalue weighted by Gasteiger charge is -2.14. The molecule has 1 amide bonds. The van der Waals surface area contributed by atoms with E-state index in [4.69, 9.17) is 5.84 Å². The summed E-state index contributed by atoms with van der Waals surface area (Å²) in [6, 6.07) is 11.9. The number of nitrogens with one attached hydrogen (secondary N) is 1. The lowest BCUT2D eigenvalue weighted by molar-refractivity contribution is -0.113. The predicted octanol–water partition coefficient (Wildman–Crippen LogP) is 3.65. The van der Waals surface area contributed by atoms with Gasteiger partial charge in [0.25, 0.3) is 0 Å². The van der Waals surface area contributed by atoms with Crippen LogP contribution in [0.2, 0.25) is 0 Å². The number of hydrogen-bond donors (Lipinski definition) is 2. The maximum Gasteiger partial charge on any atom is 0.234 e. The second-order valence-electron chi connectivity index (χ2n) is 6.18. The van der Waals surface area contributed by atoms with Gasteiger partial charge in [0.2, 0.25) is 11.1 Å². The summed E-state index contributed by atoms with van der Waals surface area (Å²) >= 11 is 1.20. The number of thioether (sulfide) groups is 1. The number of carbonyl (C=O) groups is 1. The number of amides is 1. The normalized spacial score (nSPS) is 10.8. The number of nitrogen functional groups attached to an aromatic ring is 1. The van der Waals surface area contributed by atoms with Crippen LogP contribution in [0.5, 0.6) is 0 Å². The molecule has 0 atom stereocenters. The number of aromatic nitrogens is 3. The van der Waals surface area contributed by atoms with Crippen LogP contribution >= 0.6 is 11.8 Å². The van der Waals surface area contributed by atoms with Crippen molar-refractivity contribution in [2.45, 2.75) is 31.8 Å². The summed E-state index contributed by atoms with van der Waals surface area (Å²) in [4.78, 5) is 12.5. The van der Waals surface area contributed by atoms with Crippen LogP contribution in [0.1, 0.15) is 25.0 Å².